The largest absolute Gasteiger partial charge is 0.573 e. The zero-order valence-corrected chi connectivity index (χ0v) is 18.1. The van der Waals surface area contributed by atoms with Crippen LogP contribution in [0.25, 0.3) is 0 Å². The molecule has 1 aliphatic rings. The lowest BCUT2D eigenvalue weighted by molar-refractivity contribution is -0.276. The Balaban J connectivity index is 1.87. The molecular weight excluding hydrogens is 512 g/mol. The van der Waals surface area contributed by atoms with E-state index in [1.807, 2.05) is 0 Å². The van der Waals surface area contributed by atoms with E-state index in [9.17, 15) is 26.3 Å². The first-order chi connectivity index (χ1) is 14.8. The molecule has 0 fully saturated rings. The molecule has 0 aromatic heterocycles. The summed E-state index contributed by atoms with van der Waals surface area (Å²) in [6, 6.07) is 10.1. The van der Waals surface area contributed by atoms with Gasteiger partial charge in [0.1, 0.15) is 22.8 Å². The Morgan fingerprint density at radius 1 is 0.969 bits per heavy atom. The van der Waals surface area contributed by atoms with Crippen molar-refractivity contribution in [1.82, 2.24) is 10.2 Å². The maximum atomic E-state index is 13.3. The minimum Gasteiger partial charge on any atom is -0.425 e. The second-order valence-corrected chi connectivity index (χ2v) is 7.49. The van der Waals surface area contributed by atoms with Crippen LogP contribution in [-0.4, -0.2) is 33.7 Å². The number of hydrazine groups is 1. The highest BCUT2D eigenvalue weighted by atomic mass is 79.9. The highest BCUT2D eigenvalue weighted by molar-refractivity contribution is 9.09. The van der Waals surface area contributed by atoms with Gasteiger partial charge in [-0.15, -0.1) is 13.2 Å². The highest BCUT2D eigenvalue weighted by Gasteiger charge is 2.41. The average Bonchev–Trinajstić information content (AvgIpc) is 2.97. The molecule has 0 saturated carbocycles. The zero-order valence-electron chi connectivity index (χ0n) is 16.5. The summed E-state index contributed by atoms with van der Waals surface area (Å²) in [6.45, 7) is 3.51. The van der Waals surface area contributed by atoms with Gasteiger partial charge in [0.2, 0.25) is 5.08 Å². The summed E-state index contributed by atoms with van der Waals surface area (Å²) in [5, 5.41) is 1.95. The number of aliphatic imine (C=N–C) groups is 1. The van der Waals surface area contributed by atoms with Gasteiger partial charge >= 0.3 is 18.6 Å². The molecule has 32 heavy (non-hydrogen) atoms. The van der Waals surface area contributed by atoms with Crippen LogP contribution in [0.5, 0.6) is 17.2 Å². The minimum absolute atomic E-state index is 0.129. The van der Waals surface area contributed by atoms with Crippen LogP contribution in [-0.2, 0) is 6.18 Å². The Hall–Kier alpha value is -2.67. The first kappa shape index (κ1) is 24.0. The Labute approximate surface area is 187 Å². The van der Waals surface area contributed by atoms with Gasteiger partial charge in [0.25, 0.3) is 0 Å². The molecule has 2 aromatic carbocycles. The Bertz CT molecular complexity index is 969. The predicted molar refractivity (Wildman–Crippen MR) is 105 cm³/mol. The van der Waals surface area contributed by atoms with E-state index in [1.165, 1.54) is 10.2 Å². The van der Waals surface area contributed by atoms with Crippen molar-refractivity contribution < 1.29 is 40.7 Å². The molecule has 0 N–H and O–H groups in total. The van der Waals surface area contributed by atoms with Gasteiger partial charge in [0, 0.05) is 6.04 Å². The lowest BCUT2D eigenvalue weighted by Crippen LogP contribution is -2.50. The molecule has 1 heterocycles. The van der Waals surface area contributed by atoms with E-state index in [0.717, 1.165) is 6.07 Å². The monoisotopic (exact) mass is 527 g/mol. The Kier molecular flexibility index (Phi) is 6.79. The molecule has 0 bridgehead atoms. The van der Waals surface area contributed by atoms with Gasteiger partial charge in [-0.2, -0.15) is 18.2 Å². The van der Waals surface area contributed by atoms with Crippen LogP contribution < -0.4 is 14.3 Å². The third-order valence-corrected chi connectivity index (χ3v) is 4.49. The number of hydroxylamine groups is 1. The first-order valence-electron chi connectivity index (χ1n) is 9.03. The van der Waals surface area contributed by atoms with E-state index < -0.39 is 34.7 Å². The summed E-state index contributed by atoms with van der Waals surface area (Å²) in [5.74, 6) is -1.32. The SMILES string of the molecule is CC(C)N1C(Oc2ccc(OC(F)(F)F)c(C(F)(F)F)c2)=NC(Br)N1Oc1ccccc1. The van der Waals surface area contributed by atoms with E-state index in [0.29, 0.717) is 17.9 Å². The van der Waals surface area contributed by atoms with Crippen molar-refractivity contribution >= 4 is 22.0 Å². The normalized spacial score (nSPS) is 17.5. The second kappa shape index (κ2) is 9.06. The molecule has 0 spiro atoms. The van der Waals surface area contributed by atoms with E-state index in [-0.39, 0.29) is 12.1 Å². The third kappa shape index (κ3) is 5.76. The van der Waals surface area contributed by atoms with Gasteiger partial charge in [0.05, 0.1) is 0 Å². The fourth-order valence-electron chi connectivity index (χ4n) is 2.70. The molecule has 13 heteroatoms. The Morgan fingerprint density at radius 2 is 1.62 bits per heavy atom. The van der Waals surface area contributed by atoms with E-state index >= 15 is 0 Å². The summed E-state index contributed by atoms with van der Waals surface area (Å²) in [7, 11) is 0. The van der Waals surface area contributed by atoms with Gasteiger partial charge in [-0.25, -0.2) is 5.01 Å². The van der Waals surface area contributed by atoms with Crippen molar-refractivity contribution in [2.24, 2.45) is 4.99 Å². The number of amidine groups is 1. The molecule has 1 aliphatic heterocycles. The van der Waals surface area contributed by atoms with Gasteiger partial charge in [-0.3, -0.25) is 0 Å². The second-order valence-electron chi connectivity index (χ2n) is 6.67. The van der Waals surface area contributed by atoms with Crippen molar-refractivity contribution in [3.8, 4) is 17.2 Å². The lowest BCUT2D eigenvalue weighted by Gasteiger charge is -2.32. The van der Waals surface area contributed by atoms with Crippen molar-refractivity contribution in [2.45, 2.75) is 37.5 Å². The van der Waals surface area contributed by atoms with Gasteiger partial charge in [-0.05, 0) is 65.3 Å². The molecule has 0 aliphatic carbocycles. The molecule has 0 amide bonds. The Morgan fingerprint density at radius 3 is 2.19 bits per heavy atom. The van der Waals surface area contributed by atoms with Crippen LogP contribution >= 0.6 is 15.9 Å². The van der Waals surface area contributed by atoms with Crippen molar-refractivity contribution in [3.63, 3.8) is 0 Å². The van der Waals surface area contributed by atoms with Crippen LogP contribution in [0.4, 0.5) is 26.3 Å². The molecule has 174 valence electrons. The number of nitrogens with zero attached hydrogens (tertiary/aromatic N) is 3. The summed E-state index contributed by atoms with van der Waals surface area (Å²) in [4.78, 5) is 9.96. The predicted octanol–water partition coefficient (Wildman–Crippen LogP) is 5.95. The molecular formula is C19H16BrF6N3O3. The number of benzene rings is 2. The van der Waals surface area contributed by atoms with Crippen molar-refractivity contribution in [3.05, 3.63) is 54.1 Å². The molecule has 1 atom stereocenters. The quantitative estimate of drug-likeness (QED) is 0.273. The van der Waals surface area contributed by atoms with Crippen LogP contribution in [0.1, 0.15) is 19.4 Å². The van der Waals surface area contributed by atoms with Gasteiger partial charge in [-0.1, -0.05) is 18.2 Å². The van der Waals surface area contributed by atoms with E-state index in [4.69, 9.17) is 9.57 Å². The summed E-state index contributed by atoms with van der Waals surface area (Å²) in [6.07, 6.45) is -10.4. The molecule has 0 radical (unpaired) electrons. The third-order valence-electron chi connectivity index (χ3n) is 3.93. The number of ether oxygens (including phenoxy) is 2. The van der Waals surface area contributed by atoms with Crippen LogP contribution in [0, 0.1) is 0 Å². The maximum absolute atomic E-state index is 13.3. The number of para-hydroxylation sites is 1. The van der Waals surface area contributed by atoms with Crippen LogP contribution in [0.2, 0.25) is 0 Å². The molecule has 6 nitrogen and oxygen atoms in total. The maximum Gasteiger partial charge on any atom is 0.573 e. The topological polar surface area (TPSA) is 46.5 Å². The lowest BCUT2D eigenvalue weighted by atomic mass is 10.2. The van der Waals surface area contributed by atoms with Crippen LogP contribution in [0.15, 0.2) is 53.5 Å². The zero-order chi connectivity index (χ0) is 23.7. The number of hydrogen-bond acceptors (Lipinski definition) is 6. The van der Waals surface area contributed by atoms with Crippen molar-refractivity contribution in [2.75, 3.05) is 0 Å². The molecule has 2 aromatic rings. The number of hydrogen-bond donors (Lipinski definition) is 0. The average molecular weight is 528 g/mol. The fraction of sp³-hybridized carbons (Fsp3) is 0.316. The molecule has 3 rings (SSSR count). The first-order valence-corrected chi connectivity index (χ1v) is 9.95. The fourth-order valence-corrected chi connectivity index (χ4v) is 3.15. The molecule has 0 saturated heterocycles. The highest BCUT2D eigenvalue weighted by Crippen LogP contribution is 2.40. The van der Waals surface area contributed by atoms with Gasteiger partial charge in [0.15, 0.2) is 0 Å². The molecule has 1 unspecified atom stereocenters. The van der Waals surface area contributed by atoms with Gasteiger partial charge < -0.3 is 14.3 Å². The van der Waals surface area contributed by atoms with Crippen LogP contribution in [0.3, 0.4) is 0 Å². The standard InChI is InChI=1S/C19H16BrF6N3O3/c1-11(2)28-17(27-16(20)29(28)32-12-6-4-3-5-7-12)30-13-8-9-15(31-19(24,25)26)14(10-13)18(21,22)23/h3-11,16H,1-2H3. The number of halogens is 7. The minimum atomic E-state index is -5.29. The summed E-state index contributed by atoms with van der Waals surface area (Å²) >= 11 is 3.28. The number of alkyl halides is 7. The summed E-state index contributed by atoms with van der Waals surface area (Å²) < 4.78 is 86.3. The smallest absolute Gasteiger partial charge is 0.425 e. The summed E-state index contributed by atoms with van der Waals surface area (Å²) in [5.41, 5.74) is -1.64. The number of rotatable bonds is 5. The van der Waals surface area contributed by atoms with E-state index in [2.05, 4.69) is 25.7 Å². The van der Waals surface area contributed by atoms with E-state index in [1.54, 1.807) is 44.2 Å². The van der Waals surface area contributed by atoms with Crippen molar-refractivity contribution in [1.29, 1.82) is 0 Å².